The van der Waals surface area contributed by atoms with Crippen molar-refractivity contribution in [3.63, 3.8) is 0 Å². The molecule has 0 fully saturated rings. The number of carbonyl (C=O) groups excluding carboxylic acids is 1. The lowest BCUT2D eigenvalue weighted by atomic mass is 10.2. The van der Waals surface area contributed by atoms with Crippen molar-refractivity contribution in [3.05, 3.63) is 80.2 Å². The molecule has 0 amide bonds. The molecule has 3 aromatic rings. The van der Waals surface area contributed by atoms with Crippen molar-refractivity contribution in [1.29, 1.82) is 0 Å². The number of hydrogen-bond donors (Lipinski definition) is 0. The molecule has 0 N–H and O–H groups in total. The second-order valence-corrected chi connectivity index (χ2v) is 5.58. The number of ether oxygens (including phenoxy) is 2. The second kappa shape index (κ2) is 7.69. The lowest BCUT2D eigenvalue weighted by Gasteiger charge is -2.07. The fraction of sp³-hybridized carbons (Fsp3) is 0.158. The molecule has 1 aromatic heterocycles. The van der Waals surface area contributed by atoms with E-state index >= 15 is 0 Å². The molecule has 0 saturated carbocycles. The number of nitro benzene ring substituents is 1. The van der Waals surface area contributed by atoms with Crippen molar-refractivity contribution in [2.24, 2.45) is 0 Å². The lowest BCUT2D eigenvalue weighted by Crippen LogP contribution is -2.16. The Morgan fingerprint density at radius 3 is 2.56 bits per heavy atom. The van der Waals surface area contributed by atoms with Crippen LogP contribution in [-0.2, 0) is 11.3 Å². The van der Waals surface area contributed by atoms with Gasteiger partial charge in [0.15, 0.2) is 0 Å². The van der Waals surface area contributed by atoms with E-state index in [9.17, 15) is 19.7 Å². The number of benzene rings is 2. The van der Waals surface area contributed by atoms with Crippen LogP contribution in [0.25, 0.3) is 11.0 Å². The van der Waals surface area contributed by atoms with E-state index in [1.165, 1.54) is 24.3 Å². The van der Waals surface area contributed by atoms with E-state index in [0.717, 1.165) is 5.56 Å². The van der Waals surface area contributed by atoms with Crippen LogP contribution in [0.1, 0.15) is 22.8 Å². The first-order chi connectivity index (χ1) is 13.0. The summed E-state index contributed by atoms with van der Waals surface area (Å²) in [4.78, 5) is 33.9. The van der Waals surface area contributed by atoms with E-state index in [-0.39, 0.29) is 30.0 Å². The van der Waals surface area contributed by atoms with Crippen LogP contribution in [0.2, 0.25) is 0 Å². The molecule has 2 aromatic carbocycles. The molecule has 0 aliphatic carbocycles. The summed E-state index contributed by atoms with van der Waals surface area (Å²) in [6.45, 7) is 2.00. The fourth-order valence-corrected chi connectivity index (χ4v) is 2.41. The summed E-state index contributed by atoms with van der Waals surface area (Å²) >= 11 is 0. The van der Waals surface area contributed by atoms with Crippen molar-refractivity contribution in [1.82, 2.24) is 0 Å². The van der Waals surface area contributed by atoms with Crippen molar-refractivity contribution in [2.75, 3.05) is 6.61 Å². The van der Waals surface area contributed by atoms with Gasteiger partial charge >= 0.3 is 11.6 Å². The molecule has 0 aliphatic heterocycles. The van der Waals surface area contributed by atoms with E-state index in [2.05, 4.69) is 0 Å². The molecule has 8 heteroatoms. The molecule has 0 spiro atoms. The summed E-state index contributed by atoms with van der Waals surface area (Å²) in [6, 6.07) is 12.3. The highest BCUT2D eigenvalue weighted by Gasteiger charge is 2.15. The molecule has 3 rings (SSSR count). The Labute approximate surface area is 153 Å². The zero-order chi connectivity index (χ0) is 19.4. The number of nitro groups is 1. The van der Waals surface area contributed by atoms with Gasteiger partial charge in [0.25, 0.3) is 5.69 Å². The number of hydrogen-bond acceptors (Lipinski definition) is 7. The van der Waals surface area contributed by atoms with Gasteiger partial charge < -0.3 is 13.9 Å². The Morgan fingerprint density at radius 1 is 1.15 bits per heavy atom. The van der Waals surface area contributed by atoms with Crippen LogP contribution in [0, 0.1) is 10.1 Å². The van der Waals surface area contributed by atoms with Gasteiger partial charge in [-0.1, -0.05) is 0 Å². The van der Waals surface area contributed by atoms with Crippen molar-refractivity contribution in [2.45, 2.75) is 13.5 Å². The average molecular weight is 369 g/mol. The van der Waals surface area contributed by atoms with Crippen molar-refractivity contribution < 1.29 is 23.6 Å². The first-order valence-corrected chi connectivity index (χ1v) is 8.09. The summed E-state index contributed by atoms with van der Waals surface area (Å²) in [5.41, 5.74) is 0.0788. The highest BCUT2D eigenvalue weighted by Crippen LogP contribution is 2.22. The third kappa shape index (κ3) is 4.12. The molecule has 0 bridgehead atoms. The number of nitrogens with zero attached hydrogens (tertiary/aromatic N) is 1. The van der Waals surface area contributed by atoms with Gasteiger partial charge in [0.2, 0.25) is 0 Å². The molecule has 0 radical (unpaired) electrons. The maximum atomic E-state index is 12.0. The smallest absolute Gasteiger partial charge is 0.351 e. The average Bonchev–Trinajstić information content (AvgIpc) is 2.66. The minimum Gasteiger partial charge on any atom is -0.489 e. The Balaban J connectivity index is 1.78. The Kier molecular flexibility index (Phi) is 5.16. The molecule has 0 saturated heterocycles. The minimum absolute atomic E-state index is 0.00337. The molecule has 1 heterocycles. The van der Waals surface area contributed by atoms with Crippen LogP contribution in [0.3, 0.4) is 0 Å². The maximum absolute atomic E-state index is 12.0. The van der Waals surface area contributed by atoms with Crippen LogP contribution >= 0.6 is 0 Å². The normalized spacial score (nSPS) is 10.6. The number of rotatable bonds is 6. The highest BCUT2D eigenvalue weighted by atomic mass is 16.6. The first kappa shape index (κ1) is 18.1. The topological polar surface area (TPSA) is 109 Å². The summed E-state index contributed by atoms with van der Waals surface area (Å²) in [6.07, 6.45) is 0. The number of fused-ring (bicyclic) bond motifs is 1. The number of carbonyl (C=O) groups is 1. The molecule has 0 atom stereocenters. The van der Waals surface area contributed by atoms with Crippen LogP contribution in [0.15, 0.2) is 57.7 Å². The first-order valence-electron chi connectivity index (χ1n) is 8.09. The monoisotopic (exact) mass is 369 g/mol. The molecule has 27 heavy (non-hydrogen) atoms. The largest absolute Gasteiger partial charge is 0.489 e. The lowest BCUT2D eigenvalue weighted by molar-refractivity contribution is -0.384. The van der Waals surface area contributed by atoms with E-state index in [1.54, 1.807) is 31.2 Å². The van der Waals surface area contributed by atoms with Crippen LogP contribution in [0.4, 0.5) is 5.69 Å². The van der Waals surface area contributed by atoms with E-state index in [4.69, 9.17) is 13.9 Å². The van der Waals surface area contributed by atoms with Gasteiger partial charge in [-0.05, 0) is 42.8 Å². The molecule has 0 unspecified atom stereocenters. The van der Waals surface area contributed by atoms with E-state index in [0.29, 0.717) is 11.1 Å². The molecule has 138 valence electrons. The Morgan fingerprint density at radius 2 is 1.89 bits per heavy atom. The number of non-ortho nitro benzene ring substituents is 1. The maximum Gasteiger partial charge on any atom is 0.351 e. The number of esters is 1. The van der Waals surface area contributed by atoms with Gasteiger partial charge in [-0.25, -0.2) is 9.59 Å². The van der Waals surface area contributed by atoms with Gasteiger partial charge in [-0.15, -0.1) is 0 Å². The molecule has 8 nitrogen and oxygen atoms in total. The highest BCUT2D eigenvalue weighted by molar-refractivity contribution is 5.93. The van der Waals surface area contributed by atoms with Gasteiger partial charge in [0.1, 0.15) is 23.5 Å². The quantitative estimate of drug-likeness (QED) is 0.283. The summed E-state index contributed by atoms with van der Waals surface area (Å²) in [5, 5.41) is 11.2. The van der Waals surface area contributed by atoms with Gasteiger partial charge in [0, 0.05) is 23.6 Å². The third-order valence-corrected chi connectivity index (χ3v) is 3.76. The molecule has 0 aliphatic rings. The zero-order valence-electron chi connectivity index (χ0n) is 14.3. The molecular weight excluding hydrogens is 354 g/mol. The Bertz CT molecular complexity index is 1050. The van der Waals surface area contributed by atoms with Gasteiger partial charge in [-0.3, -0.25) is 10.1 Å². The minimum atomic E-state index is -0.784. The SMILES string of the molecule is CCOC(=O)c1cc2ccc(OCc3ccc([N+](=O)[O-])cc3)cc2oc1=O. The second-order valence-electron chi connectivity index (χ2n) is 5.58. The zero-order valence-corrected chi connectivity index (χ0v) is 14.3. The van der Waals surface area contributed by atoms with Crippen LogP contribution < -0.4 is 10.4 Å². The molecular formula is C19H15NO7. The van der Waals surface area contributed by atoms with Crippen molar-refractivity contribution >= 4 is 22.6 Å². The standard InChI is InChI=1S/C19H15NO7/c1-2-25-18(21)16-9-13-5-8-15(10-17(13)27-19(16)22)26-11-12-3-6-14(7-4-12)20(23)24/h3-10H,2,11H2,1H3. The summed E-state index contributed by atoms with van der Waals surface area (Å²) in [5.74, 6) is -0.278. The van der Waals surface area contributed by atoms with E-state index < -0.39 is 16.5 Å². The Hall–Kier alpha value is -3.68. The van der Waals surface area contributed by atoms with Gasteiger partial charge in [-0.2, -0.15) is 0 Å². The summed E-state index contributed by atoms with van der Waals surface area (Å²) in [7, 11) is 0. The predicted octanol–water partition coefficient (Wildman–Crippen LogP) is 3.46. The van der Waals surface area contributed by atoms with Crippen LogP contribution in [0.5, 0.6) is 5.75 Å². The third-order valence-electron chi connectivity index (χ3n) is 3.76. The van der Waals surface area contributed by atoms with Crippen molar-refractivity contribution in [3.8, 4) is 5.75 Å². The predicted molar refractivity (Wildman–Crippen MR) is 95.9 cm³/mol. The summed E-state index contributed by atoms with van der Waals surface area (Å²) < 4.78 is 15.6. The van der Waals surface area contributed by atoms with Gasteiger partial charge in [0.05, 0.1) is 11.5 Å². The fourth-order valence-electron chi connectivity index (χ4n) is 2.41. The van der Waals surface area contributed by atoms with E-state index in [1.807, 2.05) is 0 Å². The van der Waals surface area contributed by atoms with Crippen LogP contribution in [-0.4, -0.2) is 17.5 Å².